The second kappa shape index (κ2) is 7.28. The van der Waals surface area contributed by atoms with Gasteiger partial charge in [0, 0.05) is 26.1 Å². The third-order valence-electron chi connectivity index (χ3n) is 3.61. The summed E-state index contributed by atoms with van der Waals surface area (Å²) in [6.45, 7) is 2.05. The van der Waals surface area contributed by atoms with Crippen LogP contribution < -0.4 is 5.32 Å². The molecule has 2 rings (SSSR count). The lowest BCUT2D eigenvalue weighted by molar-refractivity contribution is -0.137. The van der Waals surface area contributed by atoms with Crippen molar-refractivity contribution in [3.05, 3.63) is 22.4 Å². The first-order valence-electron chi connectivity index (χ1n) is 6.91. The van der Waals surface area contributed by atoms with Crippen molar-refractivity contribution in [1.82, 2.24) is 10.2 Å². The molecule has 1 fully saturated rings. The molecule has 1 aromatic heterocycles. The minimum Gasteiger partial charge on any atom is -0.481 e. The van der Waals surface area contributed by atoms with Gasteiger partial charge in [0.15, 0.2) is 0 Å². The monoisotopic (exact) mass is 296 g/mol. The summed E-state index contributed by atoms with van der Waals surface area (Å²) in [6.07, 6.45) is 2.61. The lowest BCUT2D eigenvalue weighted by atomic mass is 10.0. The first-order valence-corrected chi connectivity index (χ1v) is 7.85. The molecule has 2 amide bonds. The second-order valence-electron chi connectivity index (χ2n) is 5.15. The predicted octanol–water partition coefficient (Wildman–Crippen LogP) is 2.19. The minimum absolute atomic E-state index is 0.0296. The van der Waals surface area contributed by atoms with E-state index in [0.29, 0.717) is 25.4 Å². The number of hydrogen-bond acceptors (Lipinski definition) is 3. The van der Waals surface area contributed by atoms with E-state index in [-0.39, 0.29) is 12.5 Å². The highest BCUT2D eigenvalue weighted by atomic mass is 32.1. The molecule has 0 radical (unpaired) electrons. The van der Waals surface area contributed by atoms with Crippen molar-refractivity contribution in [3.63, 3.8) is 0 Å². The topological polar surface area (TPSA) is 69.6 Å². The molecule has 20 heavy (non-hydrogen) atoms. The number of carbonyl (C=O) groups is 2. The molecule has 6 heteroatoms. The van der Waals surface area contributed by atoms with Crippen LogP contribution in [0.5, 0.6) is 0 Å². The lowest BCUT2D eigenvalue weighted by Gasteiger charge is -2.17. The van der Waals surface area contributed by atoms with E-state index >= 15 is 0 Å². The van der Waals surface area contributed by atoms with Crippen molar-refractivity contribution in [2.24, 2.45) is 5.92 Å². The molecule has 0 aromatic carbocycles. The molecule has 2 heterocycles. The second-order valence-corrected chi connectivity index (χ2v) is 5.93. The van der Waals surface area contributed by atoms with Crippen molar-refractivity contribution < 1.29 is 14.7 Å². The van der Waals surface area contributed by atoms with Crippen LogP contribution in [0.1, 0.15) is 24.8 Å². The molecule has 1 unspecified atom stereocenters. The van der Waals surface area contributed by atoms with E-state index in [4.69, 9.17) is 5.11 Å². The van der Waals surface area contributed by atoms with Gasteiger partial charge in [-0.3, -0.25) is 4.79 Å². The van der Waals surface area contributed by atoms with Crippen LogP contribution in [0.25, 0.3) is 0 Å². The third kappa shape index (κ3) is 4.52. The zero-order valence-corrected chi connectivity index (χ0v) is 12.2. The third-order valence-corrected chi connectivity index (χ3v) is 4.34. The van der Waals surface area contributed by atoms with E-state index < -0.39 is 5.97 Å². The van der Waals surface area contributed by atoms with Gasteiger partial charge in [0.05, 0.1) is 0 Å². The van der Waals surface area contributed by atoms with Crippen LogP contribution in [-0.4, -0.2) is 41.6 Å². The Bertz CT molecular complexity index is 447. The summed E-state index contributed by atoms with van der Waals surface area (Å²) in [7, 11) is 0. The first kappa shape index (κ1) is 14.8. The van der Waals surface area contributed by atoms with Crippen LogP contribution in [0.15, 0.2) is 16.8 Å². The smallest absolute Gasteiger partial charge is 0.317 e. The summed E-state index contributed by atoms with van der Waals surface area (Å²) in [5.41, 5.74) is 1.25. The predicted molar refractivity (Wildman–Crippen MR) is 78.0 cm³/mol. The molecule has 0 spiro atoms. The van der Waals surface area contributed by atoms with Crippen molar-refractivity contribution in [2.45, 2.75) is 25.7 Å². The number of thiophene rings is 1. The van der Waals surface area contributed by atoms with Gasteiger partial charge in [-0.05, 0) is 47.6 Å². The number of carboxylic acids is 1. The Hall–Kier alpha value is -1.56. The summed E-state index contributed by atoms with van der Waals surface area (Å²) in [4.78, 5) is 24.3. The Balaban J connectivity index is 1.65. The Morgan fingerprint density at radius 1 is 1.50 bits per heavy atom. The molecule has 1 atom stereocenters. The van der Waals surface area contributed by atoms with Gasteiger partial charge in [-0.25, -0.2) is 4.79 Å². The lowest BCUT2D eigenvalue weighted by Crippen LogP contribution is -2.39. The van der Waals surface area contributed by atoms with Gasteiger partial charge in [0.25, 0.3) is 0 Å². The summed E-state index contributed by atoms with van der Waals surface area (Å²) in [5, 5.41) is 15.7. The van der Waals surface area contributed by atoms with E-state index in [1.165, 1.54) is 5.56 Å². The molecule has 0 aliphatic carbocycles. The van der Waals surface area contributed by atoms with Crippen LogP contribution >= 0.6 is 11.3 Å². The standard InChI is InChI=1S/C14H20N2O3S/c17-13(18)2-1-11-4-7-16(9-11)14(19)15-6-3-12-5-8-20-10-12/h5,8,10-11H,1-4,6-7,9H2,(H,15,19)(H,17,18). The van der Waals surface area contributed by atoms with Crippen molar-refractivity contribution in [2.75, 3.05) is 19.6 Å². The molecule has 2 N–H and O–H groups in total. The molecule has 5 nitrogen and oxygen atoms in total. The highest BCUT2D eigenvalue weighted by molar-refractivity contribution is 7.07. The Kier molecular flexibility index (Phi) is 5.40. The fourth-order valence-corrected chi connectivity index (χ4v) is 3.14. The zero-order chi connectivity index (χ0) is 14.4. The van der Waals surface area contributed by atoms with Gasteiger partial charge >= 0.3 is 12.0 Å². The average molecular weight is 296 g/mol. The quantitative estimate of drug-likeness (QED) is 0.845. The number of nitrogens with zero attached hydrogens (tertiary/aromatic N) is 1. The van der Waals surface area contributed by atoms with Gasteiger partial charge < -0.3 is 15.3 Å². The summed E-state index contributed by atoms with van der Waals surface area (Å²) >= 11 is 1.66. The number of likely N-dealkylation sites (tertiary alicyclic amines) is 1. The van der Waals surface area contributed by atoms with Crippen molar-refractivity contribution >= 4 is 23.3 Å². The average Bonchev–Trinajstić information content (AvgIpc) is 3.07. The van der Waals surface area contributed by atoms with Gasteiger partial charge in [-0.2, -0.15) is 11.3 Å². The Morgan fingerprint density at radius 3 is 3.05 bits per heavy atom. The fraction of sp³-hybridized carbons (Fsp3) is 0.571. The number of aliphatic carboxylic acids is 1. The molecular weight excluding hydrogens is 276 g/mol. The van der Waals surface area contributed by atoms with Gasteiger partial charge in [0.1, 0.15) is 0 Å². The maximum absolute atomic E-state index is 12.0. The number of urea groups is 1. The molecule has 1 aliphatic heterocycles. The van der Waals surface area contributed by atoms with Crippen molar-refractivity contribution in [1.29, 1.82) is 0 Å². The van der Waals surface area contributed by atoms with E-state index in [1.54, 1.807) is 16.2 Å². The van der Waals surface area contributed by atoms with Crippen LogP contribution in [0.2, 0.25) is 0 Å². The molecule has 1 aromatic rings. The van der Waals surface area contributed by atoms with Gasteiger partial charge in [-0.15, -0.1) is 0 Å². The highest BCUT2D eigenvalue weighted by Gasteiger charge is 2.26. The number of nitrogens with one attached hydrogen (secondary N) is 1. The first-order chi connectivity index (χ1) is 9.65. The minimum atomic E-state index is -0.760. The van der Waals surface area contributed by atoms with Crippen LogP contribution in [0.4, 0.5) is 4.79 Å². The summed E-state index contributed by atoms with van der Waals surface area (Å²) in [5.74, 6) is -0.433. The maximum atomic E-state index is 12.0. The van der Waals surface area contributed by atoms with Gasteiger partial charge in [0.2, 0.25) is 0 Å². The molecule has 0 saturated carbocycles. The van der Waals surface area contributed by atoms with E-state index in [1.807, 2.05) is 5.38 Å². The van der Waals surface area contributed by atoms with Crippen LogP contribution in [0, 0.1) is 5.92 Å². The zero-order valence-electron chi connectivity index (χ0n) is 11.4. The van der Waals surface area contributed by atoms with Crippen LogP contribution in [0.3, 0.4) is 0 Å². The normalized spacial score (nSPS) is 18.2. The maximum Gasteiger partial charge on any atom is 0.317 e. The Labute approximate surface area is 122 Å². The van der Waals surface area contributed by atoms with Gasteiger partial charge in [-0.1, -0.05) is 0 Å². The molecule has 0 bridgehead atoms. The van der Waals surface area contributed by atoms with E-state index in [2.05, 4.69) is 16.8 Å². The van der Waals surface area contributed by atoms with E-state index in [0.717, 1.165) is 19.4 Å². The number of carboxylic acid groups (broad SMARTS) is 1. The summed E-state index contributed by atoms with van der Waals surface area (Å²) < 4.78 is 0. The molecule has 110 valence electrons. The number of amides is 2. The number of carbonyl (C=O) groups excluding carboxylic acids is 1. The SMILES string of the molecule is O=C(O)CCC1CCN(C(=O)NCCc2ccsc2)C1. The largest absolute Gasteiger partial charge is 0.481 e. The Morgan fingerprint density at radius 2 is 2.35 bits per heavy atom. The number of rotatable bonds is 6. The summed E-state index contributed by atoms with van der Waals surface area (Å²) in [6, 6.07) is 2.03. The molecule has 1 aliphatic rings. The van der Waals surface area contributed by atoms with Crippen molar-refractivity contribution in [3.8, 4) is 0 Å². The van der Waals surface area contributed by atoms with Crippen LogP contribution in [-0.2, 0) is 11.2 Å². The van der Waals surface area contributed by atoms with E-state index in [9.17, 15) is 9.59 Å². The molecular formula is C14H20N2O3S. The fourth-order valence-electron chi connectivity index (χ4n) is 2.44. The number of hydrogen-bond donors (Lipinski definition) is 2. The highest BCUT2D eigenvalue weighted by Crippen LogP contribution is 2.20. The molecule has 1 saturated heterocycles.